The Hall–Kier alpha value is -3.74. The van der Waals surface area contributed by atoms with Crippen LogP contribution in [0.5, 0.6) is 0 Å². The molecule has 0 aliphatic heterocycles. The Morgan fingerprint density at radius 2 is 1.55 bits per heavy atom. The van der Waals surface area contributed by atoms with Gasteiger partial charge in [-0.25, -0.2) is 4.68 Å². The predicted octanol–water partition coefficient (Wildman–Crippen LogP) is 2.89. The number of benzene rings is 2. The maximum Gasteiger partial charge on any atom is 0.276 e. The average molecular weight is 388 g/mol. The predicted molar refractivity (Wildman–Crippen MR) is 110 cm³/mol. The molecule has 0 bridgehead atoms. The molecule has 1 saturated carbocycles. The molecule has 146 valence electrons. The lowest BCUT2D eigenvalue weighted by Crippen LogP contribution is -2.26. The van der Waals surface area contributed by atoms with E-state index in [4.69, 9.17) is 0 Å². The van der Waals surface area contributed by atoms with Crippen LogP contribution >= 0.6 is 0 Å². The van der Waals surface area contributed by atoms with Crippen molar-refractivity contribution in [2.75, 3.05) is 10.6 Å². The highest BCUT2D eigenvalue weighted by molar-refractivity contribution is 6.03. The highest BCUT2D eigenvalue weighted by atomic mass is 16.2. The molecule has 1 heterocycles. The monoisotopic (exact) mass is 388 g/mol. The van der Waals surface area contributed by atoms with Gasteiger partial charge in [0.15, 0.2) is 0 Å². The Balaban J connectivity index is 1.43. The molecule has 2 N–H and O–H groups in total. The van der Waals surface area contributed by atoms with E-state index in [9.17, 15) is 14.4 Å². The summed E-state index contributed by atoms with van der Waals surface area (Å²) in [7, 11) is 0. The second kappa shape index (κ2) is 8.10. The van der Waals surface area contributed by atoms with Crippen LogP contribution in [0.3, 0.4) is 0 Å². The van der Waals surface area contributed by atoms with Gasteiger partial charge >= 0.3 is 0 Å². The molecule has 1 fully saturated rings. The summed E-state index contributed by atoms with van der Waals surface area (Å²) in [4.78, 5) is 36.4. The molecule has 0 unspecified atom stereocenters. The molecule has 29 heavy (non-hydrogen) atoms. The number of hydrogen-bond acceptors (Lipinski definition) is 4. The van der Waals surface area contributed by atoms with Crippen molar-refractivity contribution in [3.05, 3.63) is 88.3 Å². The molecule has 1 aliphatic rings. The normalized spacial score (nSPS) is 13.0. The number of anilines is 2. The van der Waals surface area contributed by atoms with Gasteiger partial charge in [0.1, 0.15) is 5.69 Å². The first-order valence-corrected chi connectivity index (χ1v) is 9.43. The van der Waals surface area contributed by atoms with Crippen LogP contribution in [0.2, 0.25) is 0 Å². The van der Waals surface area contributed by atoms with Crippen molar-refractivity contribution >= 4 is 23.2 Å². The van der Waals surface area contributed by atoms with Crippen molar-refractivity contribution < 1.29 is 9.59 Å². The van der Waals surface area contributed by atoms with Crippen molar-refractivity contribution in [3.8, 4) is 0 Å². The molecule has 3 aromatic rings. The molecule has 1 aliphatic carbocycles. The summed E-state index contributed by atoms with van der Waals surface area (Å²) in [6, 6.07) is 19.1. The molecule has 2 aromatic carbocycles. The third-order valence-electron chi connectivity index (χ3n) is 4.63. The van der Waals surface area contributed by atoms with Crippen molar-refractivity contribution in [1.29, 1.82) is 0 Å². The quantitative estimate of drug-likeness (QED) is 0.679. The van der Waals surface area contributed by atoms with Crippen LogP contribution in [-0.4, -0.2) is 21.6 Å². The number of carbonyl (C=O) groups excluding carboxylic acids is 2. The SMILES string of the molecule is O=C(Nc1ccc(NC(=O)C2CC2)cc1)c1ccc(=O)n(Cc2ccccc2)n1. The van der Waals surface area contributed by atoms with Gasteiger partial charge in [-0.2, -0.15) is 5.10 Å². The van der Waals surface area contributed by atoms with Crippen molar-refractivity contribution in [2.24, 2.45) is 5.92 Å². The van der Waals surface area contributed by atoms with E-state index in [1.807, 2.05) is 30.3 Å². The Morgan fingerprint density at radius 3 is 2.21 bits per heavy atom. The van der Waals surface area contributed by atoms with E-state index in [0.29, 0.717) is 11.4 Å². The van der Waals surface area contributed by atoms with Crippen LogP contribution in [-0.2, 0) is 11.3 Å². The zero-order valence-corrected chi connectivity index (χ0v) is 15.7. The number of carbonyl (C=O) groups is 2. The lowest BCUT2D eigenvalue weighted by Gasteiger charge is -2.09. The molecule has 2 amide bonds. The molecule has 0 atom stereocenters. The van der Waals surface area contributed by atoms with Crippen molar-refractivity contribution in [1.82, 2.24) is 9.78 Å². The fraction of sp³-hybridized carbons (Fsp3) is 0.182. The molecule has 7 heteroatoms. The number of nitrogens with one attached hydrogen (secondary N) is 2. The van der Waals surface area contributed by atoms with Gasteiger partial charge in [0.05, 0.1) is 6.54 Å². The average Bonchev–Trinajstić information content (AvgIpc) is 3.57. The highest BCUT2D eigenvalue weighted by Gasteiger charge is 2.29. The summed E-state index contributed by atoms with van der Waals surface area (Å²) in [5.74, 6) is -0.250. The van der Waals surface area contributed by atoms with Gasteiger partial charge in [0, 0.05) is 23.4 Å². The van der Waals surface area contributed by atoms with Crippen molar-refractivity contribution in [2.45, 2.75) is 19.4 Å². The van der Waals surface area contributed by atoms with E-state index in [2.05, 4.69) is 15.7 Å². The number of nitrogens with zero attached hydrogens (tertiary/aromatic N) is 2. The van der Waals surface area contributed by atoms with E-state index >= 15 is 0 Å². The zero-order valence-electron chi connectivity index (χ0n) is 15.7. The van der Waals surface area contributed by atoms with E-state index < -0.39 is 5.91 Å². The smallest absolute Gasteiger partial charge is 0.276 e. The molecule has 0 spiro atoms. The van der Waals surface area contributed by atoms with Gasteiger partial charge in [-0.15, -0.1) is 0 Å². The molecule has 7 nitrogen and oxygen atoms in total. The van der Waals surface area contributed by atoms with Gasteiger partial charge in [0.25, 0.3) is 11.5 Å². The Bertz CT molecular complexity index is 1090. The molecule has 0 saturated heterocycles. The van der Waals surface area contributed by atoms with Gasteiger partial charge in [-0.3, -0.25) is 14.4 Å². The van der Waals surface area contributed by atoms with Gasteiger partial charge in [-0.1, -0.05) is 30.3 Å². The van der Waals surface area contributed by atoms with Gasteiger partial charge in [-0.05, 0) is 48.7 Å². The van der Waals surface area contributed by atoms with Crippen LogP contribution in [0, 0.1) is 5.92 Å². The Morgan fingerprint density at radius 1 is 0.897 bits per heavy atom. The molecule has 4 rings (SSSR count). The molecule has 1 aromatic heterocycles. The summed E-state index contributed by atoms with van der Waals surface area (Å²) in [5, 5.41) is 9.79. The fourth-order valence-electron chi connectivity index (χ4n) is 2.86. The maximum atomic E-state index is 12.5. The second-order valence-corrected chi connectivity index (χ2v) is 7.00. The van der Waals surface area contributed by atoms with Gasteiger partial charge in [0.2, 0.25) is 5.91 Å². The topological polar surface area (TPSA) is 93.1 Å². The maximum absolute atomic E-state index is 12.5. The minimum atomic E-state index is -0.415. The standard InChI is InChI=1S/C22H20N4O3/c27-20-13-12-19(25-26(20)14-15-4-2-1-3-5-15)22(29)24-18-10-8-17(9-11-18)23-21(28)16-6-7-16/h1-5,8-13,16H,6-7,14H2,(H,23,28)(H,24,29). The summed E-state index contributed by atoms with van der Waals surface area (Å²) >= 11 is 0. The number of amides is 2. The summed E-state index contributed by atoms with van der Waals surface area (Å²) in [6.07, 6.45) is 1.89. The summed E-state index contributed by atoms with van der Waals surface area (Å²) < 4.78 is 1.26. The minimum absolute atomic E-state index is 0.0339. The van der Waals surface area contributed by atoms with Crippen LogP contribution in [0.25, 0.3) is 0 Å². The number of aromatic nitrogens is 2. The molecular formula is C22H20N4O3. The number of hydrogen-bond donors (Lipinski definition) is 2. The fourth-order valence-corrected chi connectivity index (χ4v) is 2.86. The lowest BCUT2D eigenvalue weighted by molar-refractivity contribution is -0.117. The van der Waals surface area contributed by atoms with Gasteiger partial charge < -0.3 is 10.6 Å². The van der Waals surface area contributed by atoms with Crippen molar-refractivity contribution in [3.63, 3.8) is 0 Å². The third-order valence-corrected chi connectivity index (χ3v) is 4.63. The van der Waals surface area contributed by atoms with Crippen LogP contribution in [0.1, 0.15) is 28.9 Å². The lowest BCUT2D eigenvalue weighted by atomic mass is 10.2. The first-order chi connectivity index (χ1) is 14.1. The molecular weight excluding hydrogens is 368 g/mol. The second-order valence-electron chi connectivity index (χ2n) is 7.00. The first kappa shape index (κ1) is 18.6. The minimum Gasteiger partial charge on any atom is -0.326 e. The van der Waals surface area contributed by atoms with Crippen LogP contribution in [0.15, 0.2) is 71.5 Å². The summed E-state index contributed by atoms with van der Waals surface area (Å²) in [6.45, 7) is 0.288. The van der Waals surface area contributed by atoms with E-state index in [0.717, 1.165) is 18.4 Å². The largest absolute Gasteiger partial charge is 0.326 e. The first-order valence-electron chi connectivity index (χ1n) is 9.43. The number of rotatable bonds is 6. The highest BCUT2D eigenvalue weighted by Crippen LogP contribution is 2.30. The van der Waals surface area contributed by atoms with E-state index in [-0.39, 0.29) is 29.6 Å². The van der Waals surface area contributed by atoms with E-state index in [1.165, 1.54) is 16.8 Å². The summed E-state index contributed by atoms with van der Waals surface area (Å²) in [5.41, 5.74) is 2.05. The Kier molecular flexibility index (Phi) is 5.20. The van der Waals surface area contributed by atoms with Crippen LogP contribution < -0.4 is 16.2 Å². The Labute approximate surface area is 167 Å². The molecule has 0 radical (unpaired) electrons. The van der Waals surface area contributed by atoms with E-state index in [1.54, 1.807) is 24.3 Å². The third kappa shape index (κ3) is 4.76. The zero-order chi connectivity index (χ0) is 20.2. The van der Waals surface area contributed by atoms with Crippen LogP contribution in [0.4, 0.5) is 11.4 Å².